The van der Waals surface area contributed by atoms with E-state index in [4.69, 9.17) is 4.74 Å². The molecule has 0 fully saturated rings. The average molecular weight is 554 g/mol. The Morgan fingerprint density at radius 1 is 0.974 bits per heavy atom. The van der Waals surface area contributed by atoms with Crippen molar-refractivity contribution in [2.24, 2.45) is 0 Å². The molecule has 0 radical (unpaired) electrons. The number of nitrogens with zero attached hydrogens (tertiary/aromatic N) is 4. The van der Waals surface area contributed by atoms with Gasteiger partial charge in [0.25, 0.3) is 0 Å². The predicted octanol–water partition coefficient (Wildman–Crippen LogP) is 5.48. The number of nitrogens with one attached hydrogen (secondary N) is 2. The minimum atomic E-state index is -4.84. The van der Waals surface area contributed by atoms with Gasteiger partial charge in [-0.3, -0.25) is 4.98 Å². The number of halogens is 6. The number of hydrogen-bond donors (Lipinski definition) is 2. The van der Waals surface area contributed by atoms with Crippen molar-refractivity contribution in [3.63, 3.8) is 0 Å². The van der Waals surface area contributed by atoms with Crippen LogP contribution in [0.1, 0.15) is 11.3 Å². The quantitative estimate of drug-likeness (QED) is 0.168. The Kier molecular flexibility index (Phi) is 7.87. The molecule has 0 spiro atoms. The number of hydrogen-bond acceptors (Lipinski definition) is 8. The van der Waals surface area contributed by atoms with Crippen molar-refractivity contribution in [3.8, 4) is 22.9 Å². The molecule has 4 aromatic rings. The molecule has 4 rings (SSSR count). The highest BCUT2D eigenvalue weighted by Gasteiger charge is 2.36. The van der Waals surface area contributed by atoms with E-state index in [1.807, 2.05) is 4.72 Å². The van der Waals surface area contributed by atoms with E-state index < -0.39 is 63.4 Å². The van der Waals surface area contributed by atoms with E-state index in [2.05, 4.69) is 25.3 Å². The number of rotatable bonds is 8. The van der Waals surface area contributed by atoms with Crippen LogP contribution in [0.25, 0.3) is 11.3 Å². The zero-order valence-electron chi connectivity index (χ0n) is 19.2. The Morgan fingerprint density at radius 2 is 1.71 bits per heavy atom. The van der Waals surface area contributed by atoms with Crippen molar-refractivity contribution in [3.05, 3.63) is 83.7 Å². The van der Waals surface area contributed by atoms with Gasteiger partial charge in [0.2, 0.25) is 17.6 Å². The highest BCUT2D eigenvalue weighted by Crippen LogP contribution is 2.36. The fourth-order valence-corrected chi connectivity index (χ4v) is 4.25. The first-order chi connectivity index (χ1) is 18.1. The molecule has 0 bridgehead atoms. The molecule has 0 amide bonds. The van der Waals surface area contributed by atoms with Gasteiger partial charge in [0.1, 0.15) is 0 Å². The normalized spacial score (nSPS) is 12.2. The highest BCUT2D eigenvalue weighted by molar-refractivity contribution is 7.91. The van der Waals surface area contributed by atoms with Crippen molar-refractivity contribution in [2.75, 3.05) is 17.1 Å². The Bertz CT molecular complexity index is 1460. The van der Waals surface area contributed by atoms with Gasteiger partial charge in [-0.25, -0.2) is 28.5 Å². The molecule has 0 aliphatic rings. The van der Waals surface area contributed by atoms with Crippen LogP contribution < -0.4 is 14.8 Å². The summed E-state index contributed by atoms with van der Waals surface area (Å²) in [5, 5.41) is 2.74. The van der Waals surface area contributed by atoms with E-state index in [9.17, 15) is 30.9 Å². The predicted molar refractivity (Wildman–Crippen MR) is 126 cm³/mol. The van der Waals surface area contributed by atoms with E-state index in [0.717, 1.165) is 12.3 Å². The molecule has 1 aromatic carbocycles. The van der Waals surface area contributed by atoms with Crippen LogP contribution in [0.5, 0.6) is 11.6 Å². The molecule has 1 atom stereocenters. The fraction of sp³-hybridized carbons (Fsp3) is 0.130. The SMILES string of the molecule is CNc1nccc(-c2cccnc2Oc2cc(F)c(N[S+]([O-])Cc3cccnc3C(F)(F)F)c(F)c2F)n1. The van der Waals surface area contributed by atoms with Gasteiger partial charge in [-0.15, -0.1) is 0 Å². The number of benzene rings is 1. The zero-order chi connectivity index (χ0) is 27.4. The average Bonchev–Trinajstić information content (AvgIpc) is 2.89. The summed E-state index contributed by atoms with van der Waals surface area (Å²) in [5.41, 5.74) is -2.37. The van der Waals surface area contributed by atoms with Crippen molar-refractivity contribution in [1.82, 2.24) is 19.9 Å². The number of pyridine rings is 2. The second-order valence-electron chi connectivity index (χ2n) is 7.43. The summed E-state index contributed by atoms with van der Waals surface area (Å²) < 4.78 is 103. The molecule has 15 heteroatoms. The molecule has 0 saturated heterocycles. The van der Waals surface area contributed by atoms with Crippen LogP contribution in [0.3, 0.4) is 0 Å². The van der Waals surface area contributed by atoms with Crippen molar-refractivity contribution in [1.29, 1.82) is 0 Å². The van der Waals surface area contributed by atoms with Crippen LogP contribution in [0.4, 0.5) is 38.0 Å². The Morgan fingerprint density at radius 3 is 2.45 bits per heavy atom. The zero-order valence-corrected chi connectivity index (χ0v) is 20.0. The standard InChI is InChI=1S/C23H16F6N6O2S/c1-30-22-33-9-6-15(34-22)13-5-3-8-32-21(13)37-16-10-14(24)19(18(26)17(16)25)35-38(36)11-12-4-2-7-31-20(12)23(27,28)29/h2-10,35H,11H2,1H3,(H,30,33,34). The Hall–Kier alpha value is -4.11. The van der Waals surface area contributed by atoms with Crippen LogP contribution in [0.15, 0.2) is 55.0 Å². The lowest BCUT2D eigenvalue weighted by atomic mass is 10.2. The van der Waals surface area contributed by atoms with E-state index in [0.29, 0.717) is 11.8 Å². The summed E-state index contributed by atoms with van der Waals surface area (Å²) in [4.78, 5) is 15.4. The molecule has 0 aliphatic heterocycles. The first kappa shape index (κ1) is 26.9. The minimum Gasteiger partial charge on any atom is -0.593 e. The highest BCUT2D eigenvalue weighted by atomic mass is 32.2. The first-order valence-corrected chi connectivity index (χ1v) is 11.9. The van der Waals surface area contributed by atoms with Gasteiger partial charge < -0.3 is 14.6 Å². The molecule has 0 aliphatic carbocycles. The van der Waals surface area contributed by atoms with Crippen molar-refractivity contribution >= 4 is 23.0 Å². The molecule has 198 valence electrons. The van der Waals surface area contributed by atoms with Gasteiger partial charge >= 0.3 is 6.18 Å². The van der Waals surface area contributed by atoms with Crippen LogP contribution >= 0.6 is 0 Å². The van der Waals surface area contributed by atoms with Crippen LogP contribution in [-0.2, 0) is 23.3 Å². The molecule has 1 unspecified atom stereocenters. The summed E-state index contributed by atoms with van der Waals surface area (Å²) in [6.07, 6.45) is -1.20. The summed E-state index contributed by atoms with van der Waals surface area (Å²) in [5.74, 6) is -6.53. The molecule has 2 N–H and O–H groups in total. The summed E-state index contributed by atoms with van der Waals surface area (Å²) in [7, 11) is 1.59. The molecular weight excluding hydrogens is 538 g/mol. The van der Waals surface area contributed by atoms with Gasteiger partial charge in [0.15, 0.2) is 34.5 Å². The van der Waals surface area contributed by atoms with Gasteiger partial charge in [0, 0.05) is 37.3 Å². The van der Waals surface area contributed by atoms with E-state index in [1.165, 1.54) is 36.7 Å². The molecule has 0 saturated carbocycles. The van der Waals surface area contributed by atoms with Crippen LogP contribution in [0, 0.1) is 17.5 Å². The topological polar surface area (TPSA) is 108 Å². The first-order valence-electron chi connectivity index (χ1n) is 10.6. The third-order valence-electron chi connectivity index (χ3n) is 4.92. The number of alkyl halides is 3. The summed E-state index contributed by atoms with van der Waals surface area (Å²) in [6, 6.07) is 7.26. The largest absolute Gasteiger partial charge is 0.593 e. The molecular formula is C23H16F6N6O2S. The van der Waals surface area contributed by atoms with Crippen LogP contribution in [0.2, 0.25) is 0 Å². The third kappa shape index (κ3) is 5.89. The molecule has 3 aromatic heterocycles. The minimum absolute atomic E-state index is 0.230. The van der Waals surface area contributed by atoms with Gasteiger partial charge in [0.05, 0.1) is 22.6 Å². The Balaban J connectivity index is 1.59. The smallest absolute Gasteiger partial charge is 0.433 e. The number of ether oxygens (including phenoxy) is 1. The number of aromatic nitrogens is 4. The second-order valence-corrected chi connectivity index (χ2v) is 8.62. The van der Waals surface area contributed by atoms with Crippen molar-refractivity contribution in [2.45, 2.75) is 11.9 Å². The van der Waals surface area contributed by atoms with Gasteiger partial charge in [-0.05, 0) is 24.3 Å². The van der Waals surface area contributed by atoms with E-state index in [1.54, 1.807) is 7.05 Å². The van der Waals surface area contributed by atoms with Gasteiger partial charge in [-0.1, -0.05) is 6.07 Å². The summed E-state index contributed by atoms with van der Waals surface area (Å²) >= 11 is -2.48. The second kappa shape index (κ2) is 11.1. The lowest BCUT2D eigenvalue weighted by molar-refractivity contribution is -0.141. The van der Waals surface area contributed by atoms with E-state index in [-0.39, 0.29) is 17.4 Å². The monoisotopic (exact) mass is 554 g/mol. The molecule has 8 nitrogen and oxygen atoms in total. The maximum Gasteiger partial charge on any atom is 0.433 e. The molecule has 38 heavy (non-hydrogen) atoms. The lowest BCUT2D eigenvalue weighted by Gasteiger charge is -2.17. The van der Waals surface area contributed by atoms with Crippen molar-refractivity contribution < 1.29 is 35.6 Å². The number of anilines is 2. The maximum atomic E-state index is 14.9. The summed E-state index contributed by atoms with van der Waals surface area (Å²) in [6.45, 7) is 0. The molecule has 3 heterocycles. The van der Waals surface area contributed by atoms with E-state index >= 15 is 0 Å². The maximum absolute atomic E-state index is 14.9. The van der Waals surface area contributed by atoms with Crippen LogP contribution in [-0.4, -0.2) is 31.5 Å². The fourth-order valence-electron chi connectivity index (χ4n) is 3.24. The van der Waals surface area contributed by atoms with Gasteiger partial charge in [-0.2, -0.15) is 17.6 Å². The lowest BCUT2D eigenvalue weighted by Crippen LogP contribution is -2.20. The Labute approximate surface area is 214 Å². The third-order valence-corrected chi connectivity index (χ3v) is 5.93.